The van der Waals surface area contributed by atoms with Gasteiger partial charge in [0.15, 0.2) is 9.84 Å². The van der Waals surface area contributed by atoms with Crippen LogP contribution in [-0.4, -0.2) is 55.9 Å². The fraction of sp³-hybridized carbons (Fsp3) is 0.857. The van der Waals surface area contributed by atoms with Crippen molar-refractivity contribution in [3.05, 3.63) is 0 Å². The molecule has 0 bridgehead atoms. The lowest BCUT2D eigenvalue weighted by Gasteiger charge is -2.28. The van der Waals surface area contributed by atoms with Gasteiger partial charge in [0.25, 0.3) is 0 Å². The van der Waals surface area contributed by atoms with Gasteiger partial charge >= 0.3 is 5.97 Å². The van der Waals surface area contributed by atoms with Crippen molar-refractivity contribution in [1.82, 2.24) is 4.90 Å². The third-order valence-corrected chi connectivity index (χ3v) is 5.32. The van der Waals surface area contributed by atoms with Crippen molar-refractivity contribution >= 4 is 21.7 Å². The summed E-state index contributed by atoms with van der Waals surface area (Å²) in [6, 6.07) is -0.240. The van der Waals surface area contributed by atoms with Gasteiger partial charge < -0.3 is 9.64 Å². The van der Waals surface area contributed by atoms with Gasteiger partial charge in [0.1, 0.15) is 0 Å². The number of carbonyl (C=O) groups excluding carboxylic acids is 2. The van der Waals surface area contributed by atoms with E-state index in [4.69, 9.17) is 4.74 Å². The molecule has 0 N–H and O–H groups in total. The molecular weight excluding hydrogens is 294 g/mol. The van der Waals surface area contributed by atoms with Crippen molar-refractivity contribution in [3.8, 4) is 0 Å². The topological polar surface area (TPSA) is 80.8 Å². The molecule has 0 aliphatic carbocycles. The van der Waals surface area contributed by atoms with Gasteiger partial charge in [-0.3, -0.25) is 9.59 Å². The Labute approximate surface area is 126 Å². The molecule has 0 aromatic rings. The number of hydrogen-bond acceptors (Lipinski definition) is 5. The van der Waals surface area contributed by atoms with Crippen LogP contribution in [0.2, 0.25) is 0 Å². The van der Waals surface area contributed by atoms with Gasteiger partial charge in [-0.25, -0.2) is 8.42 Å². The van der Waals surface area contributed by atoms with E-state index in [2.05, 4.69) is 0 Å². The van der Waals surface area contributed by atoms with Crippen LogP contribution in [0.1, 0.15) is 46.0 Å². The van der Waals surface area contributed by atoms with Crippen molar-refractivity contribution in [2.45, 2.75) is 52.0 Å². The summed E-state index contributed by atoms with van der Waals surface area (Å²) in [4.78, 5) is 25.2. The van der Waals surface area contributed by atoms with Crippen LogP contribution in [0, 0.1) is 0 Å². The van der Waals surface area contributed by atoms with Crippen molar-refractivity contribution in [1.29, 1.82) is 0 Å². The van der Waals surface area contributed by atoms with Gasteiger partial charge in [-0.05, 0) is 19.8 Å². The molecular formula is C14H25NO5S. The molecule has 1 aliphatic heterocycles. The first-order valence-electron chi connectivity index (χ1n) is 7.55. The third kappa shape index (κ3) is 6.03. The first-order chi connectivity index (χ1) is 9.89. The number of sulfone groups is 1. The lowest BCUT2D eigenvalue weighted by molar-refractivity contribution is -0.146. The molecule has 21 heavy (non-hydrogen) atoms. The van der Waals surface area contributed by atoms with Crippen LogP contribution >= 0.6 is 0 Å². The van der Waals surface area contributed by atoms with E-state index >= 15 is 0 Å². The van der Waals surface area contributed by atoms with Crippen LogP contribution in [0.25, 0.3) is 0 Å². The molecule has 0 aromatic carbocycles. The Morgan fingerprint density at radius 3 is 2.48 bits per heavy atom. The highest BCUT2D eigenvalue weighted by Crippen LogP contribution is 2.19. The molecule has 0 radical (unpaired) electrons. The summed E-state index contributed by atoms with van der Waals surface area (Å²) in [7, 11) is -3.02. The van der Waals surface area contributed by atoms with Gasteiger partial charge in [-0.15, -0.1) is 0 Å². The van der Waals surface area contributed by atoms with Gasteiger partial charge in [-0.1, -0.05) is 13.3 Å². The van der Waals surface area contributed by atoms with Gasteiger partial charge in [-0.2, -0.15) is 0 Å². The number of carbonyl (C=O) groups is 2. The Morgan fingerprint density at radius 2 is 1.95 bits per heavy atom. The Morgan fingerprint density at radius 1 is 1.24 bits per heavy atom. The minimum absolute atomic E-state index is 0.0435. The van der Waals surface area contributed by atoms with Gasteiger partial charge in [0.05, 0.1) is 24.5 Å². The first-order valence-corrected chi connectivity index (χ1v) is 9.37. The van der Waals surface area contributed by atoms with Crippen LogP contribution in [0.5, 0.6) is 0 Å². The standard InChI is InChI=1S/C14H25NO5S/c1-3-5-9-15(12-8-10-21(18,19)11-12)13(16)6-7-14(17)20-4-2/h12H,3-11H2,1-2H3. The predicted molar refractivity (Wildman–Crippen MR) is 79.5 cm³/mol. The van der Waals surface area contributed by atoms with Crippen LogP contribution in [0.4, 0.5) is 0 Å². The van der Waals surface area contributed by atoms with Crippen molar-refractivity contribution in [2.75, 3.05) is 24.7 Å². The maximum atomic E-state index is 12.3. The second kappa shape index (κ2) is 8.36. The highest BCUT2D eigenvalue weighted by Gasteiger charge is 2.34. The lowest BCUT2D eigenvalue weighted by atomic mass is 10.1. The zero-order chi connectivity index (χ0) is 15.9. The summed E-state index contributed by atoms with van der Waals surface area (Å²) < 4.78 is 28.0. The largest absolute Gasteiger partial charge is 0.466 e. The average molecular weight is 319 g/mol. The maximum Gasteiger partial charge on any atom is 0.306 e. The maximum absolute atomic E-state index is 12.3. The normalized spacial score (nSPS) is 20.2. The summed E-state index contributed by atoms with van der Waals surface area (Å²) >= 11 is 0. The Balaban J connectivity index is 2.60. The molecule has 1 aliphatic rings. The average Bonchev–Trinajstić information content (AvgIpc) is 2.77. The summed E-state index contributed by atoms with van der Waals surface area (Å²) in [6.07, 6.45) is 2.40. The van der Waals surface area contributed by atoms with E-state index in [-0.39, 0.29) is 42.3 Å². The number of hydrogen-bond donors (Lipinski definition) is 0. The molecule has 0 aromatic heterocycles. The second-order valence-electron chi connectivity index (χ2n) is 5.30. The van der Waals surface area contributed by atoms with Gasteiger partial charge in [0.2, 0.25) is 5.91 Å². The molecule has 1 rings (SSSR count). The second-order valence-corrected chi connectivity index (χ2v) is 7.53. The van der Waals surface area contributed by atoms with Crippen molar-refractivity contribution < 1.29 is 22.7 Å². The fourth-order valence-electron chi connectivity index (χ4n) is 2.45. The molecule has 1 saturated heterocycles. The smallest absolute Gasteiger partial charge is 0.306 e. The first kappa shape index (κ1) is 17.9. The SMILES string of the molecule is CCCCN(C(=O)CCC(=O)OCC)C1CCS(=O)(=O)C1. The van der Waals surface area contributed by atoms with Crippen LogP contribution in [0.15, 0.2) is 0 Å². The molecule has 1 unspecified atom stereocenters. The van der Waals surface area contributed by atoms with Crippen LogP contribution < -0.4 is 0 Å². The summed E-state index contributed by atoms with van der Waals surface area (Å²) in [5, 5.41) is 0. The van der Waals surface area contributed by atoms with Crippen molar-refractivity contribution in [3.63, 3.8) is 0 Å². The van der Waals surface area contributed by atoms with E-state index in [0.717, 1.165) is 12.8 Å². The Bertz CT molecular complexity index is 460. The van der Waals surface area contributed by atoms with E-state index < -0.39 is 9.84 Å². The molecule has 1 amide bonds. The predicted octanol–water partition coefficient (Wildman–Crippen LogP) is 1.15. The summed E-state index contributed by atoms with van der Waals surface area (Å²) in [5.74, 6) is -0.355. The molecule has 6 nitrogen and oxygen atoms in total. The molecule has 122 valence electrons. The van der Waals surface area contributed by atoms with Crippen LogP contribution in [-0.2, 0) is 24.2 Å². The molecule has 1 heterocycles. The summed E-state index contributed by atoms with van der Waals surface area (Å²) in [5.41, 5.74) is 0. The zero-order valence-electron chi connectivity index (χ0n) is 12.8. The molecule has 1 atom stereocenters. The highest BCUT2D eigenvalue weighted by atomic mass is 32.2. The molecule has 1 fully saturated rings. The lowest BCUT2D eigenvalue weighted by Crippen LogP contribution is -2.41. The number of rotatable bonds is 8. The zero-order valence-corrected chi connectivity index (χ0v) is 13.7. The quantitative estimate of drug-likeness (QED) is 0.627. The highest BCUT2D eigenvalue weighted by molar-refractivity contribution is 7.91. The van der Waals surface area contributed by atoms with Gasteiger partial charge in [0, 0.05) is 19.0 Å². The van der Waals surface area contributed by atoms with E-state index in [0.29, 0.717) is 19.6 Å². The summed E-state index contributed by atoms with van der Waals surface area (Å²) in [6.45, 7) is 4.59. The van der Waals surface area contributed by atoms with E-state index in [1.165, 1.54) is 0 Å². The number of nitrogens with zero attached hydrogens (tertiary/aromatic N) is 1. The third-order valence-electron chi connectivity index (χ3n) is 3.57. The number of unbranched alkanes of at least 4 members (excludes halogenated alkanes) is 1. The Hall–Kier alpha value is -1.11. The number of amides is 1. The number of esters is 1. The molecule has 0 spiro atoms. The monoisotopic (exact) mass is 319 g/mol. The van der Waals surface area contributed by atoms with E-state index in [9.17, 15) is 18.0 Å². The molecule has 7 heteroatoms. The fourth-order valence-corrected chi connectivity index (χ4v) is 4.18. The minimum Gasteiger partial charge on any atom is -0.466 e. The Kier molecular flexibility index (Phi) is 7.14. The van der Waals surface area contributed by atoms with E-state index in [1.807, 2.05) is 6.92 Å². The van der Waals surface area contributed by atoms with E-state index in [1.54, 1.807) is 11.8 Å². The number of ether oxygens (including phenoxy) is 1. The van der Waals surface area contributed by atoms with Crippen LogP contribution in [0.3, 0.4) is 0 Å². The molecule has 0 saturated carbocycles. The van der Waals surface area contributed by atoms with Crippen molar-refractivity contribution in [2.24, 2.45) is 0 Å². The minimum atomic E-state index is -3.02.